The molecule has 1 unspecified atom stereocenters. The molecule has 0 aromatic rings. The summed E-state index contributed by atoms with van der Waals surface area (Å²) in [6.07, 6.45) is 1.27. The molecule has 0 saturated carbocycles. The molecule has 1 rings (SSSR count). The molecule has 1 saturated heterocycles. The summed E-state index contributed by atoms with van der Waals surface area (Å²) in [4.78, 5) is 24.6. The van der Waals surface area contributed by atoms with E-state index in [1.165, 1.54) is 4.90 Å². The molecule has 0 N–H and O–H groups in total. The molecule has 14 heavy (non-hydrogen) atoms. The van der Waals surface area contributed by atoms with Crippen molar-refractivity contribution in [2.45, 2.75) is 26.7 Å². The van der Waals surface area contributed by atoms with Gasteiger partial charge >= 0.3 is 0 Å². The predicted octanol–water partition coefficient (Wildman–Crippen LogP) is 1.52. The van der Waals surface area contributed by atoms with Crippen LogP contribution < -0.4 is 0 Å². The van der Waals surface area contributed by atoms with Gasteiger partial charge in [-0.05, 0) is 12.2 Å². The molecule has 1 aliphatic heterocycles. The highest BCUT2D eigenvalue weighted by molar-refractivity contribution is 7.99. The van der Waals surface area contributed by atoms with Crippen LogP contribution in [0.4, 0.5) is 0 Å². The van der Waals surface area contributed by atoms with Gasteiger partial charge < -0.3 is 0 Å². The average molecular weight is 215 g/mol. The molecule has 4 heteroatoms. The number of hydrogen-bond donors (Lipinski definition) is 0. The van der Waals surface area contributed by atoms with Crippen molar-refractivity contribution < 1.29 is 9.59 Å². The molecule has 1 fully saturated rings. The first-order valence-corrected chi connectivity index (χ1v) is 6.28. The van der Waals surface area contributed by atoms with Gasteiger partial charge in [-0.3, -0.25) is 14.5 Å². The third-order valence-corrected chi connectivity index (χ3v) is 3.35. The van der Waals surface area contributed by atoms with Crippen LogP contribution in [-0.4, -0.2) is 34.8 Å². The summed E-state index contributed by atoms with van der Waals surface area (Å²) in [6.45, 7) is 4.63. The highest BCUT2D eigenvalue weighted by atomic mass is 32.2. The van der Waals surface area contributed by atoms with Crippen LogP contribution in [0.25, 0.3) is 0 Å². The van der Waals surface area contributed by atoms with Gasteiger partial charge in [0.1, 0.15) is 0 Å². The van der Waals surface area contributed by atoms with E-state index in [-0.39, 0.29) is 17.7 Å². The average Bonchev–Trinajstić information content (AvgIpc) is 2.43. The topological polar surface area (TPSA) is 37.4 Å². The maximum Gasteiger partial charge on any atom is 0.233 e. The van der Waals surface area contributed by atoms with E-state index in [0.717, 1.165) is 17.9 Å². The Morgan fingerprint density at radius 2 is 2.14 bits per heavy atom. The standard InChI is InChI=1S/C10H17NO2S/c1-3-5-11-9(12)6-8(10(11)13)7-14-4-2/h8H,3-7H2,1-2H3. The lowest BCUT2D eigenvalue weighted by atomic mass is 10.1. The van der Waals surface area contributed by atoms with Crippen LogP contribution in [0.2, 0.25) is 0 Å². The van der Waals surface area contributed by atoms with Gasteiger partial charge in [-0.2, -0.15) is 11.8 Å². The van der Waals surface area contributed by atoms with Gasteiger partial charge in [0.25, 0.3) is 0 Å². The summed E-state index contributed by atoms with van der Waals surface area (Å²) in [7, 11) is 0. The van der Waals surface area contributed by atoms with Gasteiger partial charge in [-0.1, -0.05) is 13.8 Å². The first-order chi connectivity index (χ1) is 6.70. The van der Waals surface area contributed by atoms with Crippen molar-refractivity contribution >= 4 is 23.6 Å². The maximum atomic E-state index is 11.7. The summed E-state index contributed by atoms with van der Waals surface area (Å²) in [5, 5.41) is 0. The zero-order chi connectivity index (χ0) is 10.6. The molecule has 0 aliphatic carbocycles. The van der Waals surface area contributed by atoms with E-state index in [1.807, 2.05) is 6.92 Å². The minimum atomic E-state index is -0.0565. The van der Waals surface area contributed by atoms with Crippen LogP contribution >= 0.6 is 11.8 Å². The lowest BCUT2D eigenvalue weighted by Crippen LogP contribution is -2.31. The first-order valence-electron chi connectivity index (χ1n) is 5.12. The largest absolute Gasteiger partial charge is 0.282 e. The highest BCUT2D eigenvalue weighted by Gasteiger charge is 2.37. The Labute approximate surface area is 89.2 Å². The van der Waals surface area contributed by atoms with E-state index in [4.69, 9.17) is 0 Å². The first kappa shape index (κ1) is 11.6. The van der Waals surface area contributed by atoms with Crippen LogP contribution in [0.1, 0.15) is 26.7 Å². The Morgan fingerprint density at radius 1 is 1.43 bits per heavy atom. The molecule has 1 heterocycles. The molecule has 2 amide bonds. The molecule has 3 nitrogen and oxygen atoms in total. The van der Waals surface area contributed by atoms with E-state index < -0.39 is 0 Å². The lowest BCUT2D eigenvalue weighted by Gasteiger charge is -2.13. The number of likely N-dealkylation sites (tertiary alicyclic amines) is 1. The normalized spacial score (nSPS) is 22.1. The van der Waals surface area contributed by atoms with E-state index in [9.17, 15) is 9.59 Å². The maximum absolute atomic E-state index is 11.7. The van der Waals surface area contributed by atoms with Crippen molar-refractivity contribution in [1.29, 1.82) is 0 Å². The molecule has 0 radical (unpaired) electrons. The molecule has 1 aliphatic rings. The minimum Gasteiger partial charge on any atom is -0.282 e. The van der Waals surface area contributed by atoms with E-state index >= 15 is 0 Å². The summed E-state index contributed by atoms with van der Waals surface area (Å²) in [5.41, 5.74) is 0. The molecule has 1 atom stereocenters. The molecule has 0 bridgehead atoms. The molecule has 80 valence electrons. The number of amides is 2. The molecular formula is C10H17NO2S. The third kappa shape index (κ3) is 2.50. The SMILES string of the molecule is CCCN1C(=O)CC(CSCC)C1=O. The zero-order valence-electron chi connectivity index (χ0n) is 8.78. The minimum absolute atomic E-state index is 0.0125. The van der Waals surface area contributed by atoms with Gasteiger partial charge in [0.2, 0.25) is 11.8 Å². The Kier molecular flexibility index (Phi) is 4.45. The van der Waals surface area contributed by atoms with E-state index in [2.05, 4.69) is 6.92 Å². The number of hydrogen-bond acceptors (Lipinski definition) is 3. The van der Waals surface area contributed by atoms with Crippen molar-refractivity contribution in [3.05, 3.63) is 0 Å². The molecular weight excluding hydrogens is 198 g/mol. The summed E-state index contributed by atoms with van der Waals surface area (Å²) >= 11 is 1.73. The fourth-order valence-corrected chi connectivity index (χ4v) is 2.38. The van der Waals surface area contributed by atoms with Crippen molar-refractivity contribution in [2.75, 3.05) is 18.1 Å². The number of imide groups is 1. The molecule has 0 spiro atoms. The zero-order valence-corrected chi connectivity index (χ0v) is 9.60. The Morgan fingerprint density at radius 3 is 2.71 bits per heavy atom. The van der Waals surface area contributed by atoms with Crippen molar-refractivity contribution in [3.63, 3.8) is 0 Å². The number of carbonyl (C=O) groups excluding carboxylic acids is 2. The monoisotopic (exact) mass is 215 g/mol. The summed E-state index contributed by atoms with van der Waals surface area (Å²) in [5.74, 6) is 1.79. The van der Waals surface area contributed by atoms with E-state index in [1.54, 1.807) is 11.8 Å². The smallest absolute Gasteiger partial charge is 0.233 e. The lowest BCUT2D eigenvalue weighted by molar-refractivity contribution is -0.139. The Balaban J connectivity index is 2.51. The van der Waals surface area contributed by atoms with E-state index in [0.29, 0.717) is 13.0 Å². The number of thioether (sulfide) groups is 1. The fraction of sp³-hybridized carbons (Fsp3) is 0.800. The van der Waals surface area contributed by atoms with Gasteiger partial charge in [0.15, 0.2) is 0 Å². The van der Waals surface area contributed by atoms with Crippen molar-refractivity contribution in [2.24, 2.45) is 5.92 Å². The number of rotatable bonds is 5. The highest BCUT2D eigenvalue weighted by Crippen LogP contribution is 2.23. The summed E-state index contributed by atoms with van der Waals surface area (Å²) in [6, 6.07) is 0. The van der Waals surface area contributed by atoms with Gasteiger partial charge in [0, 0.05) is 18.7 Å². The van der Waals surface area contributed by atoms with Gasteiger partial charge in [0.05, 0.1) is 5.92 Å². The predicted molar refractivity (Wildman–Crippen MR) is 58.1 cm³/mol. The van der Waals surface area contributed by atoms with Crippen LogP contribution in [-0.2, 0) is 9.59 Å². The van der Waals surface area contributed by atoms with Crippen LogP contribution in [0, 0.1) is 5.92 Å². The summed E-state index contributed by atoms with van der Waals surface area (Å²) < 4.78 is 0. The van der Waals surface area contributed by atoms with Crippen molar-refractivity contribution in [1.82, 2.24) is 4.90 Å². The fourth-order valence-electron chi connectivity index (χ4n) is 1.60. The van der Waals surface area contributed by atoms with Crippen LogP contribution in [0.3, 0.4) is 0 Å². The number of nitrogens with zero attached hydrogens (tertiary/aromatic N) is 1. The van der Waals surface area contributed by atoms with Crippen LogP contribution in [0.15, 0.2) is 0 Å². The quantitative estimate of drug-likeness (QED) is 0.653. The third-order valence-electron chi connectivity index (χ3n) is 2.31. The molecule has 0 aromatic heterocycles. The second-order valence-corrected chi connectivity index (χ2v) is 4.76. The van der Waals surface area contributed by atoms with Gasteiger partial charge in [-0.15, -0.1) is 0 Å². The Bertz CT molecular complexity index is 230. The number of carbonyl (C=O) groups is 2. The van der Waals surface area contributed by atoms with Crippen molar-refractivity contribution in [3.8, 4) is 0 Å². The second kappa shape index (κ2) is 5.39. The van der Waals surface area contributed by atoms with Crippen LogP contribution in [0.5, 0.6) is 0 Å². The molecule has 0 aromatic carbocycles. The second-order valence-electron chi connectivity index (χ2n) is 3.44. The Hall–Kier alpha value is -0.510. The van der Waals surface area contributed by atoms with Gasteiger partial charge in [-0.25, -0.2) is 0 Å².